The van der Waals surface area contributed by atoms with E-state index in [0.717, 1.165) is 16.7 Å². The Balaban J connectivity index is 2.00. The Labute approximate surface area is 193 Å². The van der Waals surface area contributed by atoms with Gasteiger partial charge in [-0.2, -0.15) is 0 Å². The Morgan fingerprint density at radius 3 is 2.50 bits per heavy atom. The third-order valence-electron chi connectivity index (χ3n) is 5.06. The molecule has 0 bridgehead atoms. The predicted molar refractivity (Wildman–Crippen MR) is 122 cm³/mol. The van der Waals surface area contributed by atoms with E-state index in [1.165, 1.54) is 32.4 Å². The summed E-state index contributed by atoms with van der Waals surface area (Å²) in [6.07, 6.45) is 3.36. The number of hydrogen-bond donors (Lipinski definition) is 0. The molecule has 3 rings (SSSR count). The van der Waals surface area contributed by atoms with Gasteiger partial charge in [0.2, 0.25) is 0 Å². The normalized spacial score (nSPS) is 11.5. The molecule has 1 heterocycles. The van der Waals surface area contributed by atoms with Crippen LogP contribution in [0.2, 0.25) is 5.02 Å². The van der Waals surface area contributed by atoms with E-state index in [2.05, 4.69) is 4.98 Å². The number of nitrogens with zero attached hydrogens (tertiary/aromatic N) is 3. The summed E-state index contributed by atoms with van der Waals surface area (Å²) >= 11 is 6.15. The van der Waals surface area contributed by atoms with Crippen LogP contribution in [0, 0.1) is 6.92 Å². The predicted octanol–water partition coefficient (Wildman–Crippen LogP) is 4.07. The molecule has 1 aromatic heterocycles. The first-order valence-electron chi connectivity index (χ1n) is 9.79. The van der Waals surface area contributed by atoms with Crippen LogP contribution in [0.3, 0.4) is 0 Å². The molecule has 9 heteroatoms. The summed E-state index contributed by atoms with van der Waals surface area (Å²) in [6, 6.07) is 15.7. The summed E-state index contributed by atoms with van der Waals surface area (Å²) in [5.41, 5.74) is 3.11. The second-order valence-corrected chi connectivity index (χ2v) is 9.50. The average Bonchev–Trinajstić information content (AvgIpc) is 2.79. The van der Waals surface area contributed by atoms with Crippen LogP contribution < -0.4 is 0 Å². The number of halogens is 1. The quantitative estimate of drug-likeness (QED) is 0.461. The second kappa shape index (κ2) is 10.2. The highest BCUT2D eigenvalue weighted by molar-refractivity contribution is 7.89. The van der Waals surface area contributed by atoms with Gasteiger partial charge in [-0.15, -0.1) is 0 Å². The molecular formula is C23H24ClN3O4S. The lowest BCUT2D eigenvalue weighted by molar-refractivity contribution is -0.0258. The minimum atomic E-state index is -4.03. The first-order chi connectivity index (χ1) is 15.2. The Morgan fingerprint density at radius 2 is 1.84 bits per heavy atom. The topological polar surface area (TPSA) is 79.8 Å². The molecule has 0 aliphatic rings. The van der Waals surface area contributed by atoms with Crippen molar-refractivity contribution in [2.75, 3.05) is 14.2 Å². The zero-order valence-corrected chi connectivity index (χ0v) is 19.6. The summed E-state index contributed by atoms with van der Waals surface area (Å²) in [4.78, 5) is 23.9. The van der Waals surface area contributed by atoms with E-state index in [-0.39, 0.29) is 21.4 Å². The number of hydrogen-bond acceptors (Lipinski definition) is 5. The number of aromatic nitrogens is 1. The molecule has 0 aliphatic carbocycles. The largest absolute Gasteiger partial charge is 0.330 e. The minimum Gasteiger partial charge on any atom is -0.330 e. The molecule has 32 heavy (non-hydrogen) atoms. The standard InChI is InChI=1S/C23H24ClN3O4S/c1-17-7-4-5-9-20(17)16-27(15-18-8-6-12-25-14-18)23(28)19-10-11-21(24)22(13-19)32(29,30)26(2)31-3/h4-14H,15-16H2,1-3H3. The van der Waals surface area contributed by atoms with Crippen LogP contribution in [-0.4, -0.2) is 42.8 Å². The molecule has 1 amide bonds. The van der Waals surface area contributed by atoms with Crippen LogP contribution >= 0.6 is 11.6 Å². The molecule has 0 unspecified atom stereocenters. The van der Waals surface area contributed by atoms with Crippen molar-refractivity contribution in [3.63, 3.8) is 0 Å². The molecular weight excluding hydrogens is 450 g/mol. The Hall–Kier alpha value is -2.78. The lowest BCUT2D eigenvalue weighted by Gasteiger charge is -2.24. The number of pyridine rings is 1. The van der Waals surface area contributed by atoms with Gasteiger partial charge in [0.05, 0.1) is 12.1 Å². The molecule has 0 aliphatic heterocycles. The van der Waals surface area contributed by atoms with E-state index in [1.807, 2.05) is 37.3 Å². The maximum atomic E-state index is 13.5. The van der Waals surface area contributed by atoms with Gasteiger partial charge in [-0.25, -0.2) is 8.42 Å². The monoisotopic (exact) mass is 473 g/mol. The summed E-state index contributed by atoms with van der Waals surface area (Å²) in [5, 5.41) is 0.00293. The lowest BCUT2D eigenvalue weighted by atomic mass is 10.1. The van der Waals surface area contributed by atoms with E-state index in [9.17, 15) is 13.2 Å². The van der Waals surface area contributed by atoms with E-state index in [4.69, 9.17) is 16.4 Å². The van der Waals surface area contributed by atoms with E-state index in [1.54, 1.807) is 23.4 Å². The molecule has 0 fully saturated rings. The number of hydroxylamine groups is 1. The van der Waals surface area contributed by atoms with Crippen LogP contribution in [0.25, 0.3) is 0 Å². The van der Waals surface area contributed by atoms with Crippen molar-refractivity contribution in [3.8, 4) is 0 Å². The van der Waals surface area contributed by atoms with Crippen molar-refractivity contribution in [3.05, 3.63) is 94.3 Å². The van der Waals surface area contributed by atoms with Crippen molar-refractivity contribution in [2.45, 2.75) is 24.9 Å². The van der Waals surface area contributed by atoms with Crippen molar-refractivity contribution < 1.29 is 18.0 Å². The zero-order chi connectivity index (χ0) is 23.3. The molecule has 7 nitrogen and oxygen atoms in total. The maximum absolute atomic E-state index is 13.5. The van der Waals surface area contributed by atoms with Gasteiger partial charge in [0.1, 0.15) is 4.90 Å². The summed E-state index contributed by atoms with van der Waals surface area (Å²) in [5.74, 6) is -0.328. The third-order valence-corrected chi connectivity index (χ3v) is 7.22. The Kier molecular flexibility index (Phi) is 7.63. The van der Waals surface area contributed by atoms with E-state index in [0.29, 0.717) is 17.6 Å². The smallest absolute Gasteiger partial charge is 0.266 e. The van der Waals surface area contributed by atoms with Crippen LogP contribution in [0.15, 0.2) is 71.9 Å². The van der Waals surface area contributed by atoms with E-state index >= 15 is 0 Å². The van der Waals surface area contributed by atoms with Gasteiger partial charge < -0.3 is 4.90 Å². The molecule has 0 spiro atoms. The second-order valence-electron chi connectivity index (χ2n) is 7.19. The summed E-state index contributed by atoms with van der Waals surface area (Å²) in [7, 11) is -1.54. The average molecular weight is 474 g/mol. The van der Waals surface area contributed by atoms with E-state index < -0.39 is 10.0 Å². The fourth-order valence-corrected chi connectivity index (χ4v) is 4.63. The van der Waals surface area contributed by atoms with Gasteiger partial charge in [0.25, 0.3) is 15.9 Å². The van der Waals surface area contributed by atoms with Crippen LogP contribution in [0.4, 0.5) is 0 Å². The Morgan fingerprint density at radius 1 is 1.09 bits per heavy atom. The van der Waals surface area contributed by atoms with Gasteiger partial charge in [-0.3, -0.25) is 14.6 Å². The maximum Gasteiger partial charge on any atom is 0.266 e. The number of carbonyl (C=O) groups excluding carboxylic acids is 1. The van der Waals surface area contributed by atoms with Crippen molar-refractivity contribution in [2.24, 2.45) is 0 Å². The molecule has 0 N–H and O–H groups in total. The van der Waals surface area contributed by atoms with Gasteiger partial charge in [0.15, 0.2) is 0 Å². The molecule has 0 saturated carbocycles. The highest BCUT2D eigenvalue weighted by Crippen LogP contribution is 2.26. The van der Waals surface area contributed by atoms with Crippen LogP contribution in [0.5, 0.6) is 0 Å². The van der Waals surface area contributed by atoms with Crippen LogP contribution in [-0.2, 0) is 28.0 Å². The number of amides is 1. The van der Waals surface area contributed by atoms with Crippen molar-refractivity contribution >= 4 is 27.5 Å². The molecule has 0 atom stereocenters. The zero-order valence-electron chi connectivity index (χ0n) is 18.0. The first-order valence-corrected chi connectivity index (χ1v) is 11.6. The number of aryl methyl sites for hydroxylation is 1. The minimum absolute atomic E-state index is 0.00293. The fraction of sp³-hybridized carbons (Fsp3) is 0.217. The third kappa shape index (κ3) is 5.34. The van der Waals surface area contributed by atoms with Gasteiger partial charge in [-0.1, -0.05) is 46.4 Å². The highest BCUT2D eigenvalue weighted by Gasteiger charge is 2.26. The molecule has 0 radical (unpaired) electrons. The lowest BCUT2D eigenvalue weighted by Crippen LogP contribution is -2.31. The summed E-state index contributed by atoms with van der Waals surface area (Å²) < 4.78 is 26.2. The SMILES string of the molecule is CON(C)S(=O)(=O)c1cc(C(=O)N(Cc2cccnc2)Cc2ccccc2C)ccc1Cl. The fourth-order valence-electron chi connectivity index (χ4n) is 3.16. The number of sulfonamides is 1. The molecule has 3 aromatic rings. The van der Waals surface area contributed by atoms with Gasteiger partial charge in [0, 0.05) is 38.1 Å². The Bertz CT molecular complexity index is 1200. The highest BCUT2D eigenvalue weighted by atomic mass is 35.5. The molecule has 168 valence electrons. The van der Waals surface area contributed by atoms with Gasteiger partial charge >= 0.3 is 0 Å². The number of carbonyl (C=O) groups is 1. The number of rotatable bonds is 8. The van der Waals surface area contributed by atoms with Crippen molar-refractivity contribution in [1.82, 2.24) is 14.4 Å². The summed E-state index contributed by atoms with van der Waals surface area (Å²) in [6.45, 7) is 2.64. The molecule has 0 saturated heterocycles. The number of benzene rings is 2. The van der Waals surface area contributed by atoms with Crippen LogP contribution in [0.1, 0.15) is 27.0 Å². The first kappa shape index (κ1) is 23.9. The van der Waals surface area contributed by atoms with Gasteiger partial charge in [-0.05, 0) is 47.9 Å². The molecule has 2 aromatic carbocycles. The van der Waals surface area contributed by atoms with Crippen molar-refractivity contribution in [1.29, 1.82) is 0 Å².